The fraction of sp³-hybridized carbons (Fsp3) is 0.333. The zero-order valence-electron chi connectivity index (χ0n) is 7.88. The van der Waals surface area contributed by atoms with E-state index in [0.717, 1.165) is 5.56 Å². The van der Waals surface area contributed by atoms with Crippen LogP contribution in [0.25, 0.3) is 0 Å². The summed E-state index contributed by atoms with van der Waals surface area (Å²) in [7, 11) is -4.38. The SMILES string of the molecule is Cc1cc(Cl)cc(CS(=O)(=O)C(F)F)c1. The molecule has 0 aliphatic carbocycles. The van der Waals surface area contributed by atoms with Crippen LogP contribution in [0.1, 0.15) is 11.1 Å². The Bertz CT molecular complexity index is 437. The quantitative estimate of drug-likeness (QED) is 0.831. The van der Waals surface area contributed by atoms with Gasteiger partial charge in [-0.2, -0.15) is 8.78 Å². The molecule has 0 N–H and O–H groups in total. The number of hydrogen-bond acceptors (Lipinski definition) is 2. The summed E-state index contributed by atoms with van der Waals surface area (Å²) < 4.78 is 46.0. The van der Waals surface area contributed by atoms with Gasteiger partial charge in [0.2, 0.25) is 9.84 Å². The molecule has 1 rings (SSSR count). The zero-order valence-corrected chi connectivity index (χ0v) is 9.45. The summed E-state index contributed by atoms with van der Waals surface area (Å²) in [6, 6.07) is 4.51. The van der Waals surface area contributed by atoms with Crippen molar-refractivity contribution in [3.63, 3.8) is 0 Å². The molecule has 0 aromatic heterocycles. The Hall–Kier alpha value is -0.680. The first-order valence-corrected chi connectivity index (χ1v) is 6.16. The van der Waals surface area contributed by atoms with E-state index in [2.05, 4.69) is 0 Å². The van der Waals surface area contributed by atoms with Crippen molar-refractivity contribution in [1.82, 2.24) is 0 Å². The molecule has 1 aromatic rings. The fourth-order valence-corrected chi connectivity index (χ4v) is 2.26. The van der Waals surface area contributed by atoms with E-state index in [1.807, 2.05) is 0 Å². The fourth-order valence-electron chi connectivity index (χ4n) is 1.19. The van der Waals surface area contributed by atoms with Crippen LogP contribution in [0.4, 0.5) is 8.78 Å². The van der Waals surface area contributed by atoms with E-state index in [-0.39, 0.29) is 5.56 Å². The van der Waals surface area contributed by atoms with Crippen LogP contribution < -0.4 is 0 Å². The highest BCUT2D eigenvalue weighted by Crippen LogP contribution is 2.19. The molecule has 0 saturated heterocycles. The molecule has 1 aromatic carbocycles. The van der Waals surface area contributed by atoms with Crippen LogP contribution in [-0.4, -0.2) is 14.2 Å². The van der Waals surface area contributed by atoms with E-state index in [1.54, 1.807) is 13.0 Å². The molecule has 0 atom stereocenters. The topological polar surface area (TPSA) is 34.1 Å². The number of halogens is 3. The molecule has 0 aliphatic rings. The normalized spacial score (nSPS) is 12.1. The predicted molar refractivity (Wildman–Crippen MR) is 54.8 cm³/mol. The minimum absolute atomic E-state index is 0.278. The van der Waals surface area contributed by atoms with Gasteiger partial charge in [-0.25, -0.2) is 8.42 Å². The highest BCUT2D eigenvalue weighted by molar-refractivity contribution is 7.90. The number of sulfone groups is 1. The highest BCUT2D eigenvalue weighted by Gasteiger charge is 2.24. The van der Waals surface area contributed by atoms with E-state index in [1.165, 1.54) is 12.1 Å². The van der Waals surface area contributed by atoms with Crippen molar-refractivity contribution >= 4 is 21.4 Å². The Morgan fingerprint density at radius 2 is 1.93 bits per heavy atom. The summed E-state index contributed by atoms with van der Waals surface area (Å²) in [5.74, 6) is -4.04. The Kier molecular flexibility index (Phi) is 3.67. The molecule has 6 heteroatoms. The summed E-state index contributed by atoms with van der Waals surface area (Å²) in [5.41, 5.74) is 1.02. The lowest BCUT2D eigenvalue weighted by atomic mass is 10.2. The largest absolute Gasteiger partial charge is 0.337 e. The Morgan fingerprint density at radius 3 is 2.40 bits per heavy atom. The van der Waals surface area contributed by atoms with Crippen molar-refractivity contribution in [2.75, 3.05) is 0 Å². The second-order valence-electron chi connectivity index (χ2n) is 3.20. The van der Waals surface area contributed by atoms with Crippen molar-refractivity contribution in [2.24, 2.45) is 0 Å². The summed E-state index contributed by atoms with van der Waals surface area (Å²) in [6.07, 6.45) is 0. The van der Waals surface area contributed by atoms with E-state index in [9.17, 15) is 17.2 Å². The van der Waals surface area contributed by atoms with E-state index >= 15 is 0 Å². The average molecular weight is 255 g/mol. The third-order valence-electron chi connectivity index (χ3n) is 1.74. The van der Waals surface area contributed by atoms with Crippen molar-refractivity contribution in [1.29, 1.82) is 0 Å². The number of alkyl halides is 2. The molecule has 0 aliphatic heterocycles. The van der Waals surface area contributed by atoms with Crippen LogP contribution in [-0.2, 0) is 15.6 Å². The van der Waals surface area contributed by atoms with Crippen molar-refractivity contribution in [3.8, 4) is 0 Å². The first-order valence-electron chi connectivity index (χ1n) is 4.07. The van der Waals surface area contributed by atoms with E-state index in [4.69, 9.17) is 11.6 Å². The van der Waals surface area contributed by atoms with Gasteiger partial charge in [-0.1, -0.05) is 17.7 Å². The van der Waals surface area contributed by atoms with Crippen LogP contribution in [0, 0.1) is 6.92 Å². The molecule has 0 unspecified atom stereocenters. The second kappa shape index (κ2) is 4.45. The number of aryl methyl sites for hydroxylation is 1. The van der Waals surface area contributed by atoms with Gasteiger partial charge in [0.25, 0.3) is 0 Å². The van der Waals surface area contributed by atoms with Gasteiger partial charge in [0.05, 0.1) is 5.75 Å². The molecule has 0 bridgehead atoms. The number of benzene rings is 1. The molecular formula is C9H9ClF2O2S. The molecule has 0 amide bonds. The van der Waals surface area contributed by atoms with Gasteiger partial charge < -0.3 is 0 Å². The molecule has 0 spiro atoms. The van der Waals surface area contributed by atoms with Crippen LogP contribution in [0.15, 0.2) is 18.2 Å². The van der Waals surface area contributed by atoms with Crippen LogP contribution in [0.5, 0.6) is 0 Å². The van der Waals surface area contributed by atoms with Crippen LogP contribution in [0.3, 0.4) is 0 Å². The van der Waals surface area contributed by atoms with Gasteiger partial charge in [-0.15, -0.1) is 0 Å². The standard InChI is InChI=1S/C9H9ClF2O2S/c1-6-2-7(4-8(10)3-6)5-15(13,14)9(11)12/h2-4,9H,5H2,1H3. The molecule has 2 nitrogen and oxygen atoms in total. The van der Waals surface area contributed by atoms with E-state index < -0.39 is 21.3 Å². The van der Waals surface area contributed by atoms with Gasteiger partial charge in [0, 0.05) is 5.02 Å². The molecule has 0 radical (unpaired) electrons. The van der Waals surface area contributed by atoms with Gasteiger partial charge >= 0.3 is 5.76 Å². The molecule has 0 heterocycles. The maximum atomic E-state index is 12.1. The Morgan fingerprint density at radius 1 is 1.33 bits per heavy atom. The monoisotopic (exact) mass is 254 g/mol. The Balaban J connectivity index is 3.00. The summed E-state index contributed by atoms with van der Waals surface area (Å²) >= 11 is 5.68. The lowest BCUT2D eigenvalue weighted by Gasteiger charge is -2.04. The number of rotatable bonds is 3. The van der Waals surface area contributed by atoms with Gasteiger partial charge in [-0.05, 0) is 30.2 Å². The maximum absolute atomic E-state index is 12.1. The minimum atomic E-state index is -4.38. The third kappa shape index (κ3) is 3.43. The van der Waals surface area contributed by atoms with Crippen molar-refractivity contribution in [3.05, 3.63) is 34.3 Å². The molecule has 84 valence electrons. The third-order valence-corrected chi connectivity index (χ3v) is 3.24. The van der Waals surface area contributed by atoms with Gasteiger partial charge in [-0.3, -0.25) is 0 Å². The van der Waals surface area contributed by atoms with Crippen LogP contribution in [0.2, 0.25) is 5.02 Å². The maximum Gasteiger partial charge on any atom is 0.337 e. The highest BCUT2D eigenvalue weighted by atomic mass is 35.5. The Labute approximate surface area is 91.8 Å². The summed E-state index contributed by atoms with van der Waals surface area (Å²) in [5, 5.41) is 0.342. The first kappa shape index (κ1) is 12.4. The molecule has 15 heavy (non-hydrogen) atoms. The van der Waals surface area contributed by atoms with Crippen molar-refractivity contribution < 1.29 is 17.2 Å². The number of hydrogen-bond donors (Lipinski definition) is 0. The van der Waals surface area contributed by atoms with Crippen LogP contribution >= 0.6 is 11.6 Å². The predicted octanol–water partition coefficient (Wildman–Crippen LogP) is 2.79. The summed E-state index contributed by atoms with van der Waals surface area (Å²) in [4.78, 5) is 0. The zero-order chi connectivity index (χ0) is 11.6. The van der Waals surface area contributed by atoms with Gasteiger partial charge in [0.15, 0.2) is 0 Å². The second-order valence-corrected chi connectivity index (χ2v) is 5.61. The smallest absolute Gasteiger partial charge is 0.223 e. The molecular weight excluding hydrogens is 246 g/mol. The lowest BCUT2D eigenvalue weighted by Crippen LogP contribution is -2.13. The molecule has 0 saturated carbocycles. The van der Waals surface area contributed by atoms with Crippen molar-refractivity contribution in [2.45, 2.75) is 18.4 Å². The molecule has 0 fully saturated rings. The van der Waals surface area contributed by atoms with E-state index in [0.29, 0.717) is 5.02 Å². The van der Waals surface area contributed by atoms with Gasteiger partial charge in [0.1, 0.15) is 0 Å². The average Bonchev–Trinajstić information content (AvgIpc) is 1.99. The lowest BCUT2D eigenvalue weighted by molar-refractivity contribution is 0.234. The minimum Gasteiger partial charge on any atom is -0.223 e. The first-order chi connectivity index (χ1) is 6.81. The summed E-state index contributed by atoms with van der Waals surface area (Å²) in [6.45, 7) is 1.71.